The SMILES string of the molecule is CC(C)[Si](O[C@@H]1C=C(B(O)O)O[C@@H]2CO[Si](C)(C)OC12)(C(C)C)C(C)C. The summed E-state index contributed by atoms with van der Waals surface area (Å²) in [5.41, 5.74) is 1.39. The van der Waals surface area contributed by atoms with Gasteiger partial charge in [-0.15, -0.1) is 0 Å². The molecular weight excluding hydrogens is 367 g/mol. The van der Waals surface area contributed by atoms with E-state index in [0.29, 0.717) is 23.2 Å². The lowest BCUT2D eigenvalue weighted by molar-refractivity contribution is -0.113. The van der Waals surface area contributed by atoms with Crippen molar-refractivity contribution in [1.82, 2.24) is 0 Å². The summed E-state index contributed by atoms with van der Waals surface area (Å²) in [6, 6.07) is 0. The fourth-order valence-electron chi connectivity index (χ4n) is 4.56. The Bertz CT molecular complexity index is 502. The zero-order valence-electron chi connectivity index (χ0n) is 17.4. The van der Waals surface area contributed by atoms with Crippen LogP contribution in [0.15, 0.2) is 11.7 Å². The second-order valence-electron chi connectivity index (χ2n) is 8.79. The van der Waals surface area contributed by atoms with E-state index in [-0.39, 0.29) is 24.0 Å². The molecule has 2 aliphatic heterocycles. The molecule has 2 heterocycles. The van der Waals surface area contributed by atoms with E-state index >= 15 is 0 Å². The molecule has 150 valence electrons. The van der Waals surface area contributed by atoms with Gasteiger partial charge in [0.15, 0.2) is 0 Å². The van der Waals surface area contributed by atoms with Gasteiger partial charge in [0.2, 0.25) is 8.32 Å². The normalized spacial score (nSPS) is 28.8. The van der Waals surface area contributed by atoms with Crippen molar-refractivity contribution in [1.29, 1.82) is 0 Å². The molecule has 0 saturated carbocycles. The van der Waals surface area contributed by atoms with Crippen LogP contribution in [-0.2, 0) is 18.0 Å². The molecule has 1 saturated heterocycles. The van der Waals surface area contributed by atoms with Crippen molar-refractivity contribution in [3.8, 4) is 0 Å². The van der Waals surface area contributed by atoms with Gasteiger partial charge in [-0.2, -0.15) is 0 Å². The minimum absolute atomic E-state index is 0.129. The Kier molecular flexibility index (Phi) is 6.86. The number of hydrogen-bond acceptors (Lipinski definition) is 6. The lowest BCUT2D eigenvalue weighted by atomic mass is 9.84. The molecule has 0 aromatic rings. The molecule has 2 rings (SSSR count). The molecule has 2 N–H and O–H groups in total. The smallest absolute Gasteiger partial charge is 0.493 e. The van der Waals surface area contributed by atoms with E-state index in [9.17, 15) is 10.0 Å². The summed E-state index contributed by atoms with van der Waals surface area (Å²) in [6.45, 7) is 17.8. The molecular formula is C17H35BO6Si2. The highest BCUT2D eigenvalue weighted by Crippen LogP contribution is 2.45. The Morgan fingerprint density at radius 2 is 1.65 bits per heavy atom. The van der Waals surface area contributed by atoms with Crippen molar-refractivity contribution in [3.05, 3.63) is 11.7 Å². The highest BCUT2D eigenvalue weighted by atomic mass is 28.4. The Labute approximate surface area is 160 Å². The van der Waals surface area contributed by atoms with Gasteiger partial charge in [0.25, 0.3) is 0 Å². The molecule has 2 aliphatic rings. The maximum absolute atomic E-state index is 9.66. The first kappa shape index (κ1) is 22.1. The fraction of sp³-hybridized carbons (Fsp3) is 0.882. The maximum Gasteiger partial charge on any atom is 0.525 e. The van der Waals surface area contributed by atoms with E-state index in [1.807, 2.05) is 13.1 Å². The predicted molar refractivity (Wildman–Crippen MR) is 107 cm³/mol. The van der Waals surface area contributed by atoms with Crippen LogP contribution in [0, 0.1) is 0 Å². The van der Waals surface area contributed by atoms with Crippen molar-refractivity contribution in [2.45, 2.75) is 89.6 Å². The molecule has 6 nitrogen and oxygen atoms in total. The van der Waals surface area contributed by atoms with Gasteiger partial charge < -0.3 is 28.1 Å². The molecule has 0 amide bonds. The van der Waals surface area contributed by atoms with Crippen LogP contribution in [0.2, 0.25) is 29.7 Å². The summed E-state index contributed by atoms with van der Waals surface area (Å²) in [6.07, 6.45) is 0.674. The van der Waals surface area contributed by atoms with Crippen molar-refractivity contribution in [2.24, 2.45) is 0 Å². The van der Waals surface area contributed by atoms with Crippen LogP contribution in [0.5, 0.6) is 0 Å². The first-order valence-corrected chi connectivity index (χ1v) is 14.6. The number of rotatable bonds is 6. The lowest BCUT2D eigenvalue weighted by Crippen LogP contribution is -2.62. The minimum Gasteiger partial charge on any atom is -0.493 e. The van der Waals surface area contributed by atoms with Gasteiger partial charge in [0.1, 0.15) is 17.9 Å². The molecule has 26 heavy (non-hydrogen) atoms. The third-order valence-electron chi connectivity index (χ3n) is 5.62. The maximum atomic E-state index is 9.66. The van der Waals surface area contributed by atoms with Crippen molar-refractivity contribution in [3.63, 3.8) is 0 Å². The summed E-state index contributed by atoms with van der Waals surface area (Å²) in [5.74, 6) is 0. The zero-order chi connectivity index (χ0) is 19.9. The van der Waals surface area contributed by atoms with E-state index in [4.69, 9.17) is 18.0 Å². The Hall–Kier alpha value is -0.161. The fourth-order valence-corrected chi connectivity index (χ4v) is 11.6. The average Bonchev–Trinajstić information content (AvgIpc) is 2.50. The molecule has 1 unspecified atom stereocenters. The molecule has 1 fully saturated rings. The number of fused-ring (bicyclic) bond motifs is 1. The van der Waals surface area contributed by atoms with E-state index in [1.165, 1.54) is 0 Å². The quantitative estimate of drug-likeness (QED) is 0.666. The predicted octanol–water partition coefficient (Wildman–Crippen LogP) is 2.96. The minimum atomic E-state index is -2.25. The van der Waals surface area contributed by atoms with Crippen LogP contribution in [0.3, 0.4) is 0 Å². The van der Waals surface area contributed by atoms with E-state index in [0.717, 1.165) is 0 Å². The second kappa shape index (κ2) is 8.06. The number of hydrogen-bond donors (Lipinski definition) is 2. The van der Waals surface area contributed by atoms with Crippen molar-refractivity contribution < 1.29 is 28.1 Å². The van der Waals surface area contributed by atoms with Gasteiger partial charge in [-0.05, 0) is 35.8 Å². The van der Waals surface area contributed by atoms with Crippen molar-refractivity contribution in [2.75, 3.05) is 6.61 Å². The van der Waals surface area contributed by atoms with Crippen molar-refractivity contribution >= 4 is 24.0 Å². The standard InChI is InChI=1S/C17H35BO6Si2/c1-11(2)26(12(3)4,13(5)6)23-14-9-16(18(19)20)22-15-10-21-25(7,8)24-17(14)15/h9,11-15,17,19-20H,10H2,1-8H3/t14-,15-,17?/m1/s1. The van der Waals surface area contributed by atoms with Crippen LogP contribution < -0.4 is 0 Å². The Morgan fingerprint density at radius 1 is 1.12 bits per heavy atom. The molecule has 9 heteroatoms. The highest BCUT2D eigenvalue weighted by Gasteiger charge is 2.52. The molecule has 0 radical (unpaired) electrons. The topological polar surface area (TPSA) is 77.4 Å². The molecule has 0 aromatic heterocycles. The molecule has 3 atom stereocenters. The Balaban J connectivity index is 2.42. The highest BCUT2D eigenvalue weighted by molar-refractivity contribution is 6.77. The average molecular weight is 402 g/mol. The molecule has 0 bridgehead atoms. The van der Waals surface area contributed by atoms with Gasteiger partial charge >= 0.3 is 15.7 Å². The summed E-state index contributed by atoms with van der Waals surface area (Å²) >= 11 is 0. The number of ether oxygens (including phenoxy) is 1. The van der Waals surface area contributed by atoms with Crippen LogP contribution in [0.4, 0.5) is 0 Å². The zero-order valence-corrected chi connectivity index (χ0v) is 19.4. The summed E-state index contributed by atoms with van der Waals surface area (Å²) < 4.78 is 24.8. The Morgan fingerprint density at radius 3 is 2.12 bits per heavy atom. The third kappa shape index (κ3) is 4.29. The lowest BCUT2D eigenvalue weighted by Gasteiger charge is -2.50. The molecule has 0 aromatic carbocycles. The first-order valence-electron chi connectivity index (χ1n) is 9.64. The third-order valence-corrected chi connectivity index (χ3v) is 13.4. The van der Waals surface area contributed by atoms with Gasteiger partial charge in [0.05, 0.1) is 12.7 Å². The van der Waals surface area contributed by atoms with Gasteiger partial charge in [-0.3, -0.25) is 0 Å². The van der Waals surface area contributed by atoms with Crippen LogP contribution >= 0.6 is 0 Å². The summed E-state index contributed by atoms with van der Waals surface area (Å²) in [4.78, 5) is 0. The molecule has 0 spiro atoms. The van der Waals surface area contributed by atoms with Crippen LogP contribution in [0.25, 0.3) is 0 Å². The monoisotopic (exact) mass is 402 g/mol. The first-order chi connectivity index (χ1) is 11.9. The van der Waals surface area contributed by atoms with Crippen LogP contribution in [-0.4, -0.2) is 59.0 Å². The van der Waals surface area contributed by atoms with E-state index in [1.54, 1.807) is 6.08 Å². The largest absolute Gasteiger partial charge is 0.525 e. The van der Waals surface area contributed by atoms with E-state index < -0.39 is 24.0 Å². The van der Waals surface area contributed by atoms with Gasteiger partial charge in [-0.1, -0.05) is 41.5 Å². The van der Waals surface area contributed by atoms with E-state index in [2.05, 4.69) is 41.5 Å². The van der Waals surface area contributed by atoms with Gasteiger partial charge in [0, 0.05) is 0 Å². The second-order valence-corrected chi connectivity index (χ2v) is 17.5. The molecule has 0 aliphatic carbocycles. The van der Waals surface area contributed by atoms with Gasteiger partial charge in [-0.25, -0.2) is 0 Å². The van der Waals surface area contributed by atoms with Crippen LogP contribution in [0.1, 0.15) is 41.5 Å². The summed E-state index contributed by atoms with van der Waals surface area (Å²) in [5, 5.41) is 19.3. The summed E-state index contributed by atoms with van der Waals surface area (Å²) in [7, 11) is -6.08.